The van der Waals surface area contributed by atoms with Gasteiger partial charge in [0.25, 0.3) is 0 Å². The van der Waals surface area contributed by atoms with Crippen molar-refractivity contribution >= 4 is 48.2 Å². The molecule has 41 heavy (non-hydrogen) atoms. The van der Waals surface area contributed by atoms with Crippen LogP contribution in [0.1, 0.15) is 46.3 Å². The second kappa shape index (κ2) is 13.2. The highest BCUT2D eigenvalue weighted by Crippen LogP contribution is 2.42. The summed E-state index contributed by atoms with van der Waals surface area (Å²) in [7, 11) is -2.87. The zero-order valence-electron chi connectivity index (χ0n) is 23.4. The molecule has 228 valence electrons. The lowest BCUT2D eigenvalue weighted by Gasteiger charge is -2.23. The molecule has 2 aliphatic heterocycles. The number of hydrogen-bond donors (Lipinski definition) is 2. The van der Waals surface area contributed by atoms with Gasteiger partial charge in [-0.25, -0.2) is 9.78 Å². The van der Waals surface area contributed by atoms with Crippen molar-refractivity contribution in [3.05, 3.63) is 11.6 Å². The summed E-state index contributed by atoms with van der Waals surface area (Å²) in [5.41, 5.74) is 0.808. The van der Waals surface area contributed by atoms with Crippen LogP contribution in [-0.4, -0.2) is 99.9 Å². The molecule has 2 N–H and O–H groups in total. The number of anilines is 1. The van der Waals surface area contributed by atoms with Crippen LogP contribution in [0, 0.1) is 5.41 Å². The van der Waals surface area contributed by atoms with E-state index in [-0.39, 0.29) is 36.0 Å². The summed E-state index contributed by atoms with van der Waals surface area (Å²) < 4.78 is 40.0. The Hall–Kier alpha value is -2.55. The van der Waals surface area contributed by atoms with Crippen LogP contribution in [0.5, 0.6) is 0 Å². The number of hydrogen-bond acceptors (Lipinski definition) is 12. The average Bonchev–Trinajstić information content (AvgIpc) is 3.63. The number of likely N-dealkylation sites (N-methyl/N-ethyl adjacent to an activating group) is 1. The number of halogens is 1. The monoisotopic (exact) mass is 618 g/mol. The van der Waals surface area contributed by atoms with E-state index in [0.29, 0.717) is 43.0 Å². The van der Waals surface area contributed by atoms with Gasteiger partial charge in [-0.1, -0.05) is 20.8 Å². The number of imidazole rings is 1. The van der Waals surface area contributed by atoms with Crippen LogP contribution < -0.4 is 5.32 Å². The molecular weight excluding hydrogens is 583 g/mol. The van der Waals surface area contributed by atoms with Crippen molar-refractivity contribution in [2.24, 2.45) is 5.41 Å². The van der Waals surface area contributed by atoms with E-state index < -0.39 is 38.8 Å². The summed E-state index contributed by atoms with van der Waals surface area (Å²) in [6.07, 6.45) is 1.17. The molecule has 2 aliphatic rings. The molecule has 17 heteroatoms. The molecule has 2 saturated heterocycles. The van der Waals surface area contributed by atoms with Crippen molar-refractivity contribution < 1.29 is 42.5 Å². The first-order valence-corrected chi connectivity index (χ1v) is 15.3. The fraction of sp³-hybridized carbons (Fsp3) is 0.708. The van der Waals surface area contributed by atoms with Crippen molar-refractivity contribution in [2.75, 3.05) is 51.7 Å². The largest absolute Gasteiger partial charge is 0.510 e. The van der Waals surface area contributed by atoms with Crippen LogP contribution in [0.2, 0.25) is 5.28 Å². The van der Waals surface area contributed by atoms with Crippen LogP contribution >= 0.6 is 19.2 Å². The molecule has 4 rings (SSSR count). The smallest absolute Gasteiger partial charge is 0.434 e. The van der Waals surface area contributed by atoms with Gasteiger partial charge in [-0.15, -0.1) is 0 Å². The molecule has 0 aromatic carbocycles. The molecule has 1 unspecified atom stereocenters. The Balaban J connectivity index is 1.26. The normalized spacial score (nSPS) is 22.4. The standard InChI is InChI=1S/C24H36ClN6O9P/c1-24(2,3)12-37-23(33)38-14-39-41(34,35)11-17(32)30(4)9-16-5-6-18(40-16)31-13-26-19-20(27-15-7-8-36-10-15)28-22(25)29-21(19)31/h13,15-16,18H,5-12,14H2,1-4H3,(H,34,35)(H,27,28,29)/t15-,16-,18+/m0/s1. The molecule has 2 aromatic heterocycles. The predicted molar refractivity (Wildman–Crippen MR) is 146 cm³/mol. The number of aromatic nitrogens is 4. The second-order valence-corrected chi connectivity index (χ2v) is 13.4. The van der Waals surface area contributed by atoms with Crippen molar-refractivity contribution in [1.82, 2.24) is 24.4 Å². The maximum Gasteiger partial charge on any atom is 0.510 e. The van der Waals surface area contributed by atoms with Gasteiger partial charge >= 0.3 is 13.8 Å². The predicted octanol–water partition coefficient (Wildman–Crippen LogP) is 3.18. The maximum absolute atomic E-state index is 12.6. The molecule has 2 aromatic rings. The third-order valence-electron chi connectivity index (χ3n) is 6.35. The van der Waals surface area contributed by atoms with Crippen molar-refractivity contribution in [3.8, 4) is 0 Å². The van der Waals surface area contributed by atoms with Gasteiger partial charge in [0.1, 0.15) is 12.4 Å². The zero-order chi connectivity index (χ0) is 29.8. The Morgan fingerprint density at radius 3 is 2.76 bits per heavy atom. The summed E-state index contributed by atoms with van der Waals surface area (Å²) in [5.74, 6) is -0.102. The number of carbonyl (C=O) groups is 2. The highest BCUT2D eigenvalue weighted by molar-refractivity contribution is 7.53. The summed E-state index contributed by atoms with van der Waals surface area (Å²) in [6, 6.07) is 0.108. The molecule has 1 amide bonds. The van der Waals surface area contributed by atoms with E-state index in [4.69, 9.17) is 30.3 Å². The topological polar surface area (TPSA) is 176 Å². The Kier molecular flexibility index (Phi) is 10.1. The van der Waals surface area contributed by atoms with Gasteiger partial charge in [-0.3, -0.25) is 18.5 Å². The van der Waals surface area contributed by atoms with Crippen molar-refractivity contribution in [1.29, 1.82) is 0 Å². The summed E-state index contributed by atoms with van der Waals surface area (Å²) in [5, 5.41) is 3.39. The van der Waals surface area contributed by atoms with E-state index >= 15 is 0 Å². The SMILES string of the molecule is CN(C[C@@H]1CC[C@H](n2cnc3c(N[C@H]4CCOC4)nc(Cl)nc32)O1)C(=O)CP(=O)(O)OCOC(=O)OCC(C)(C)C. The Morgan fingerprint density at radius 2 is 2.05 bits per heavy atom. The van der Waals surface area contributed by atoms with Crippen LogP contribution in [0.15, 0.2) is 6.33 Å². The number of rotatable bonds is 11. The molecule has 0 aliphatic carbocycles. The van der Waals surface area contributed by atoms with Crippen LogP contribution in [0.4, 0.5) is 10.6 Å². The molecule has 4 atom stereocenters. The average molecular weight is 619 g/mol. The maximum atomic E-state index is 12.6. The van der Waals surface area contributed by atoms with Gasteiger partial charge in [-0.2, -0.15) is 9.97 Å². The number of amides is 1. The minimum absolute atomic E-state index is 0.0726. The first-order valence-electron chi connectivity index (χ1n) is 13.2. The van der Waals surface area contributed by atoms with Gasteiger partial charge in [0, 0.05) is 20.2 Å². The van der Waals surface area contributed by atoms with Gasteiger partial charge in [0.05, 0.1) is 31.7 Å². The summed E-state index contributed by atoms with van der Waals surface area (Å²) >= 11 is 6.20. The van der Waals surface area contributed by atoms with Crippen LogP contribution in [0.25, 0.3) is 11.2 Å². The quantitative estimate of drug-likeness (QED) is 0.163. The number of fused-ring (bicyclic) bond motifs is 1. The first kappa shape index (κ1) is 31.4. The van der Waals surface area contributed by atoms with Gasteiger partial charge in [0.2, 0.25) is 18.0 Å². The van der Waals surface area contributed by atoms with Gasteiger partial charge in [0.15, 0.2) is 17.0 Å². The zero-order valence-corrected chi connectivity index (χ0v) is 25.1. The molecule has 0 radical (unpaired) electrons. The third-order valence-corrected chi connectivity index (χ3v) is 7.70. The van der Waals surface area contributed by atoms with E-state index in [1.807, 2.05) is 20.8 Å². The highest BCUT2D eigenvalue weighted by atomic mass is 35.5. The third kappa shape index (κ3) is 8.97. The van der Waals surface area contributed by atoms with E-state index in [2.05, 4.69) is 25.0 Å². The van der Waals surface area contributed by atoms with E-state index in [1.165, 1.54) is 11.9 Å². The van der Waals surface area contributed by atoms with E-state index in [1.54, 1.807) is 10.9 Å². The van der Waals surface area contributed by atoms with Crippen LogP contribution in [0.3, 0.4) is 0 Å². The molecule has 2 fully saturated rings. The number of nitrogens with one attached hydrogen (secondary N) is 1. The lowest BCUT2D eigenvalue weighted by atomic mass is 9.99. The lowest BCUT2D eigenvalue weighted by Crippen LogP contribution is -2.36. The molecular formula is C24H36ClN6O9P. The van der Waals surface area contributed by atoms with E-state index in [9.17, 15) is 19.0 Å². The minimum atomic E-state index is -4.37. The number of nitrogens with zero attached hydrogens (tertiary/aromatic N) is 5. The minimum Gasteiger partial charge on any atom is -0.434 e. The molecule has 0 saturated carbocycles. The molecule has 4 heterocycles. The second-order valence-electron chi connectivity index (χ2n) is 11.2. The number of ether oxygens (including phenoxy) is 4. The Bertz CT molecular complexity index is 1280. The van der Waals surface area contributed by atoms with Crippen molar-refractivity contribution in [3.63, 3.8) is 0 Å². The van der Waals surface area contributed by atoms with Gasteiger partial charge in [-0.05, 0) is 36.3 Å². The van der Waals surface area contributed by atoms with Crippen molar-refractivity contribution in [2.45, 2.75) is 58.4 Å². The first-order chi connectivity index (χ1) is 19.3. The summed E-state index contributed by atoms with van der Waals surface area (Å²) in [4.78, 5) is 48.7. The highest BCUT2D eigenvalue weighted by Gasteiger charge is 2.33. The molecule has 0 bridgehead atoms. The van der Waals surface area contributed by atoms with E-state index in [0.717, 1.165) is 6.42 Å². The molecule has 15 nitrogen and oxygen atoms in total. The fourth-order valence-electron chi connectivity index (χ4n) is 4.29. The lowest BCUT2D eigenvalue weighted by molar-refractivity contribution is -0.129. The summed E-state index contributed by atoms with van der Waals surface area (Å²) in [6.45, 7) is 6.30. The fourth-order valence-corrected chi connectivity index (χ4v) is 5.34. The Morgan fingerprint density at radius 1 is 1.27 bits per heavy atom. The molecule has 0 spiro atoms. The van der Waals surface area contributed by atoms with Crippen LogP contribution in [-0.2, 0) is 32.8 Å². The Labute approximate surface area is 242 Å². The number of carbonyl (C=O) groups excluding carboxylic acids is 2. The van der Waals surface area contributed by atoms with Gasteiger partial charge < -0.3 is 34.1 Å².